The Morgan fingerprint density at radius 1 is 1.50 bits per heavy atom. The van der Waals surface area contributed by atoms with Crippen molar-refractivity contribution in [1.29, 1.82) is 0 Å². The molecule has 2 rings (SSSR count). The highest BCUT2D eigenvalue weighted by Gasteiger charge is 2.19. The smallest absolute Gasteiger partial charge is 0.118 e. The first-order chi connectivity index (χ1) is 7.78. The van der Waals surface area contributed by atoms with Gasteiger partial charge < -0.3 is 9.15 Å². The second kappa shape index (κ2) is 5.46. The van der Waals surface area contributed by atoms with E-state index in [1.165, 1.54) is 0 Å². The number of hydrogen-bond donors (Lipinski definition) is 0. The third-order valence-corrected chi connectivity index (χ3v) is 2.78. The molecule has 0 aliphatic carbocycles. The Kier molecular flexibility index (Phi) is 3.96. The maximum atomic E-state index is 12.6. The Morgan fingerprint density at radius 2 is 2.38 bits per heavy atom. The van der Waals surface area contributed by atoms with Crippen LogP contribution in [0.25, 0.3) is 0 Å². The Labute approximate surface area is 95.2 Å². The van der Waals surface area contributed by atoms with Gasteiger partial charge in [-0.1, -0.05) is 0 Å². The fraction of sp³-hybridized carbons (Fsp3) is 0.667. The van der Waals surface area contributed by atoms with Crippen LogP contribution in [0.4, 0.5) is 4.39 Å². The summed E-state index contributed by atoms with van der Waals surface area (Å²) in [4.78, 5) is 2.19. The highest BCUT2D eigenvalue weighted by atomic mass is 19.1. The zero-order valence-corrected chi connectivity index (χ0v) is 9.62. The molecule has 1 fully saturated rings. The van der Waals surface area contributed by atoms with Crippen LogP contribution in [0.5, 0.6) is 0 Å². The molecule has 1 atom stereocenters. The van der Waals surface area contributed by atoms with E-state index in [1.807, 2.05) is 19.1 Å². The maximum absolute atomic E-state index is 12.6. The third kappa shape index (κ3) is 3.06. The molecule has 16 heavy (non-hydrogen) atoms. The van der Waals surface area contributed by atoms with E-state index in [0.29, 0.717) is 13.2 Å². The van der Waals surface area contributed by atoms with Gasteiger partial charge in [0.25, 0.3) is 0 Å². The van der Waals surface area contributed by atoms with Crippen molar-refractivity contribution in [3.63, 3.8) is 0 Å². The Morgan fingerprint density at radius 3 is 3.06 bits per heavy atom. The summed E-state index contributed by atoms with van der Waals surface area (Å²) in [6.07, 6.45) is 0.675. The van der Waals surface area contributed by atoms with Crippen LogP contribution in [0.2, 0.25) is 0 Å². The fourth-order valence-electron chi connectivity index (χ4n) is 2.00. The lowest BCUT2D eigenvalue weighted by Gasteiger charge is -2.20. The molecule has 1 aliphatic heterocycles. The molecule has 90 valence electrons. The van der Waals surface area contributed by atoms with Crippen LogP contribution in [0.3, 0.4) is 0 Å². The standard InChI is InChI=1S/C12H18FNO2/c1-10-3-4-11(16-10)8-14-5-2-6-15-12(7-13)9-14/h3-4,12H,2,5-9H2,1H3. The van der Waals surface area contributed by atoms with Crippen molar-refractivity contribution in [3.8, 4) is 0 Å². The van der Waals surface area contributed by atoms with Gasteiger partial charge in [0.15, 0.2) is 0 Å². The van der Waals surface area contributed by atoms with Gasteiger partial charge in [-0.25, -0.2) is 4.39 Å². The molecule has 0 aromatic carbocycles. The molecule has 0 N–H and O–H groups in total. The minimum atomic E-state index is -0.409. The second-order valence-electron chi connectivity index (χ2n) is 4.25. The second-order valence-corrected chi connectivity index (χ2v) is 4.25. The van der Waals surface area contributed by atoms with Gasteiger partial charge in [-0.15, -0.1) is 0 Å². The predicted octanol–water partition coefficient (Wildman–Crippen LogP) is 2.15. The minimum Gasteiger partial charge on any atom is -0.465 e. The molecule has 1 unspecified atom stereocenters. The lowest BCUT2D eigenvalue weighted by atomic mass is 10.3. The van der Waals surface area contributed by atoms with Crippen LogP contribution >= 0.6 is 0 Å². The van der Waals surface area contributed by atoms with Gasteiger partial charge in [0, 0.05) is 19.7 Å². The molecule has 4 heteroatoms. The molecule has 0 bridgehead atoms. The molecular formula is C12H18FNO2. The van der Waals surface area contributed by atoms with E-state index in [0.717, 1.165) is 31.0 Å². The van der Waals surface area contributed by atoms with Gasteiger partial charge in [0.05, 0.1) is 12.6 Å². The summed E-state index contributed by atoms with van der Waals surface area (Å²) in [5.74, 6) is 1.86. The number of aryl methyl sites for hydroxylation is 1. The molecule has 2 heterocycles. The molecule has 1 aliphatic rings. The van der Waals surface area contributed by atoms with Gasteiger partial charge in [-0.2, -0.15) is 0 Å². The van der Waals surface area contributed by atoms with Crippen LogP contribution < -0.4 is 0 Å². The largest absolute Gasteiger partial charge is 0.465 e. The summed E-state index contributed by atoms with van der Waals surface area (Å²) in [6.45, 7) is 4.51. The van der Waals surface area contributed by atoms with E-state index in [-0.39, 0.29) is 6.10 Å². The van der Waals surface area contributed by atoms with Crippen molar-refractivity contribution in [1.82, 2.24) is 4.90 Å². The molecule has 0 radical (unpaired) electrons. The van der Waals surface area contributed by atoms with Crippen LogP contribution in [0.15, 0.2) is 16.5 Å². The topological polar surface area (TPSA) is 25.6 Å². The highest BCUT2D eigenvalue weighted by Crippen LogP contribution is 2.13. The number of alkyl halides is 1. The fourth-order valence-corrected chi connectivity index (χ4v) is 2.00. The first-order valence-corrected chi connectivity index (χ1v) is 5.73. The van der Waals surface area contributed by atoms with Crippen molar-refractivity contribution >= 4 is 0 Å². The van der Waals surface area contributed by atoms with Gasteiger partial charge in [-0.05, 0) is 25.5 Å². The monoisotopic (exact) mass is 227 g/mol. The molecule has 0 saturated carbocycles. The summed E-state index contributed by atoms with van der Waals surface area (Å²) in [7, 11) is 0. The molecule has 0 amide bonds. The van der Waals surface area contributed by atoms with E-state index in [2.05, 4.69) is 4.90 Å². The first-order valence-electron chi connectivity index (χ1n) is 5.73. The van der Waals surface area contributed by atoms with E-state index in [4.69, 9.17) is 9.15 Å². The van der Waals surface area contributed by atoms with Crippen molar-refractivity contribution in [2.24, 2.45) is 0 Å². The predicted molar refractivity (Wildman–Crippen MR) is 59.1 cm³/mol. The number of halogens is 1. The summed E-state index contributed by atoms with van der Waals surface area (Å²) in [6, 6.07) is 3.93. The normalized spacial score (nSPS) is 23.2. The molecule has 1 saturated heterocycles. The van der Waals surface area contributed by atoms with Gasteiger partial charge >= 0.3 is 0 Å². The van der Waals surface area contributed by atoms with Crippen molar-refractivity contribution in [2.75, 3.05) is 26.4 Å². The lowest BCUT2D eigenvalue weighted by Crippen LogP contribution is -2.32. The Balaban J connectivity index is 1.92. The van der Waals surface area contributed by atoms with Crippen LogP contribution in [-0.2, 0) is 11.3 Å². The zero-order valence-electron chi connectivity index (χ0n) is 9.62. The summed E-state index contributed by atoms with van der Waals surface area (Å²) in [5, 5.41) is 0. The zero-order chi connectivity index (χ0) is 11.4. The summed E-state index contributed by atoms with van der Waals surface area (Å²) in [5.41, 5.74) is 0. The van der Waals surface area contributed by atoms with Crippen LogP contribution in [0.1, 0.15) is 17.9 Å². The average molecular weight is 227 g/mol. The summed E-state index contributed by atoms with van der Waals surface area (Å²) < 4.78 is 23.5. The van der Waals surface area contributed by atoms with E-state index in [9.17, 15) is 4.39 Å². The van der Waals surface area contributed by atoms with Crippen LogP contribution in [0, 0.1) is 6.92 Å². The Bertz CT molecular complexity index is 327. The molecule has 1 aromatic heterocycles. The van der Waals surface area contributed by atoms with Gasteiger partial charge in [0.2, 0.25) is 0 Å². The minimum absolute atomic E-state index is 0.279. The molecule has 3 nitrogen and oxygen atoms in total. The quantitative estimate of drug-likeness (QED) is 0.791. The van der Waals surface area contributed by atoms with Crippen molar-refractivity contribution < 1.29 is 13.5 Å². The molecule has 0 spiro atoms. The number of hydrogen-bond acceptors (Lipinski definition) is 3. The van der Waals surface area contributed by atoms with Crippen molar-refractivity contribution in [3.05, 3.63) is 23.7 Å². The highest BCUT2D eigenvalue weighted by molar-refractivity contribution is 5.05. The molecule has 1 aromatic rings. The Hall–Kier alpha value is -0.870. The van der Waals surface area contributed by atoms with E-state index >= 15 is 0 Å². The maximum Gasteiger partial charge on any atom is 0.118 e. The average Bonchev–Trinajstić information content (AvgIpc) is 2.55. The third-order valence-electron chi connectivity index (χ3n) is 2.78. The number of furan rings is 1. The summed E-state index contributed by atoms with van der Waals surface area (Å²) >= 11 is 0. The SMILES string of the molecule is Cc1ccc(CN2CCCOC(CF)C2)o1. The van der Waals surface area contributed by atoms with Crippen molar-refractivity contribution in [2.45, 2.75) is 26.0 Å². The molecular weight excluding hydrogens is 209 g/mol. The van der Waals surface area contributed by atoms with E-state index in [1.54, 1.807) is 0 Å². The number of nitrogens with zero attached hydrogens (tertiary/aromatic N) is 1. The van der Waals surface area contributed by atoms with Gasteiger partial charge in [0.1, 0.15) is 18.2 Å². The number of ether oxygens (including phenoxy) is 1. The lowest BCUT2D eigenvalue weighted by molar-refractivity contribution is 0.0352. The van der Waals surface area contributed by atoms with Gasteiger partial charge in [-0.3, -0.25) is 4.90 Å². The number of rotatable bonds is 3. The first kappa shape index (κ1) is 11.6. The van der Waals surface area contributed by atoms with E-state index < -0.39 is 6.67 Å². The van der Waals surface area contributed by atoms with Crippen LogP contribution in [-0.4, -0.2) is 37.4 Å².